The van der Waals surface area contributed by atoms with Gasteiger partial charge in [-0.3, -0.25) is 4.98 Å². The second-order valence-corrected chi connectivity index (χ2v) is 8.43. The highest BCUT2D eigenvalue weighted by Gasteiger charge is 2.26. The van der Waals surface area contributed by atoms with Gasteiger partial charge < -0.3 is 24.8 Å². The number of nitrogens with zero attached hydrogens (tertiary/aromatic N) is 4. The Balaban J connectivity index is 1.16. The van der Waals surface area contributed by atoms with Crippen LogP contribution in [0.1, 0.15) is 23.2 Å². The standard InChI is InChI=1S/C24H26FN5O3/c25-20-13-19-15-30(16-22(19)26-14-20)23(31)27-21-3-1-17(2-4-21)18-5-7-28(8-6-18)24(32)29-9-11-33-12-10-29/h1-5,13-14H,6-12,15-16H2,(H,27,31). The smallest absolute Gasteiger partial charge is 0.322 e. The molecule has 3 aliphatic rings. The molecule has 8 nitrogen and oxygen atoms in total. The number of carbonyl (C=O) groups is 2. The summed E-state index contributed by atoms with van der Waals surface area (Å²) < 4.78 is 18.7. The number of urea groups is 2. The summed E-state index contributed by atoms with van der Waals surface area (Å²) in [7, 11) is 0. The Bertz CT molecular complexity index is 1080. The summed E-state index contributed by atoms with van der Waals surface area (Å²) in [6.45, 7) is 4.49. The fourth-order valence-electron chi connectivity index (χ4n) is 4.40. The molecule has 1 N–H and O–H groups in total. The summed E-state index contributed by atoms with van der Waals surface area (Å²) in [5.74, 6) is -0.391. The van der Waals surface area contributed by atoms with Crippen LogP contribution >= 0.6 is 0 Å². The predicted molar refractivity (Wildman–Crippen MR) is 121 cm³/mol. The number of aromatic nitrogens is 1. The van der Waals surface area contributed by atoms with E-state index in [1.54, 1.807) is 4.90 Å². The van der Waals surface area contributed by atoms with Gasteiger partial charge in [-0.05, 0) is 41.3 Å². The monoisotopic (exact) mass is 451 g/mol. The van der Waals surface area contributed by atoms with E-state index in [0.717, 1.165) is 23.2 Å². The number of ether oxygens (including phenoxy) is 1. The first-order valence-electron chi connectivity index (χ1n) is 11.2. The van der Waals surface area contributed by atoms with Crippen molar-refractivity contribution in [3.05, 3.63) is 65.2 Å². The molecule has 0 spiro atoms. The fourth-order valence-corrected chi connectivity index (χ4v) is 4.40. The van der Waals surface area contributed by atoms with E-state index in [1.807, 2.05) is 34.1 Å². The molecule has 1 fully saturated rings. The Labute approximate surface area is 191 Å². The molecule has 5 rings (SSSR count). The van der Waals surface area contributed by atoms with Crippen molar-refractivity contribution in [3.8, 4) is 0 Å². The minimum absolute atomic E-state index is 0.0775. The van der Waals surface area contributed by atoms with Crippen molar-refractivity contribution in [2.75, 3.05) is 44.7 Å². The summed E-state index contributed by atoms with van der Waals surface area (Å²) in [4.78, 5) is 34.7. The first kappa shape index (κ1) is 21.4. The summed E-state index contributed by atoms with van der Waals surface area (Å²) in [6, 6.07) is 8.98. The number of halogens is 1. The molecule has 1 aromatic heterocycles. The lowest BCUT2D eigenvalue weighted by atomic mass is 9.99. The number of morpholine rings is 1. The van der Waals surface area contributed by atoms with Crippen molar-refractivity contribution in [2.24, 2.45) is 0 Å². The van der Waals surface area contributed by atoms with Crippen LogP contribution in [0.5, 0.6) is 0 Å². The zero-order chi connectivity index (χ0) is 22.8. The lowest BCUT2D eigenvalue weighted by molar-refractivity contribution is 0.0441. The lowest BCUT2D eigenvalue weighted by Crippen LogP contribution is -2.49. The van der Waals surface area contributed by atoms with Crippen molar-refractivity contribution < 1.29 is 18.7 Å². The number of amides is 4. The molecule has 0 bridgehead atoms. The largest absolute Gasteiger partial charge is 0.378 e. The van der Waals surface area contributed by atoms with Crippen LogP contribution in [0.3, 0.4) is 0 Å². The van der Waals surface area contributed by atoms with Gasteiger partial charge in [0.2, 0.25) is 0 Å². The van der Waals surface area contributed by atoms with E-state index in [2.05, 4.69) is 16.4 Å². The molecular formula is C24H26FN5O3. The number of pyridine rings is 1. The van der Waals surface area contributed by atoms with Crippen molar-refractivity contribution in [2.45, 2.75) is 19.5 Å². The van der Waals surface area contributed by atoms with Crippen LogP contribution in [-0.4, -0.2) is 71.1 Å². The molecule has 172 valence electrons. The van der Waals surface area contributed by atoms with Gasteiger partial charge in [-0.25, -0.2) is 14.0 Å². The molecule has 0 saturated carbocycles. The van der Waals surface area contributed by atoms with Gasteiger partial charge in [-0.2, -0.15) is 0 Å². The number of rotatable bonds is 2. The average molecular weight is 452 g/mol. The quantitative estimate of drug-likeness (QED) is 0.760. The van der Waals surface area contributed by atoms with Gasteiger partial charge in [0.1, 0.15) is 5.82 Å². The Morgan fingerprint density at radius 1 is 1.00 bits per heavy atom. The Hall–Kier alpha value is -3.46. The summed E-state index contributed by atoms with van der Waals surface area (Å²) in [6.07, 6.45) is 4.07. The highest BCUT2D eigenvalue weighted by Crippen LogP contribution is 2.26. The van der Waals surface area contributed by atoms with E-state index < -0.39 is 5.82 Å². The highest BCUT2D eigenvalue weighted by molar-refractivity contribution is 5.90. The Morgan fingerprint density at radius 2 is 1.79 bits per heavy atom. The van der Waals surface area contributed by atoms with Crippen LogP contribution in [0.4, 0.5) is 19.7 Å². The van der Waals surface area contributed by atoms with E-state index in [4.69, 9.17) is 4.74 Å². The molecule has 33 heavy (non-hydrogen) atoms. The van der Waals surface area contributed by atoms with Crippen molar-refractivity contribution in [3.63, 3.8) is 0 Å². The first-order valence-corrected chi connectivity index (χ1v) is 11.2. The second-order valence-electron chi connectivity index (χ2n) is 8.43. The molecule has 0 atom stereocenters. The van der Waals surface area contributed by atoms with Gasteiger partial charge in [0.15, 0.2) is 0 Å². The molecule has 2 aromatic rings. The zero-order valence-electron chi connectivity index (χ0n) is 18.3. The maximum atomic E-state index is 13.4. The molecule has 1 aromatic carbocycles. The highest BCUT2D eigenvalue weighted by atomic mass is 19.1. The minimum Gasteiger partial charge on any atom is -0.378 e. The summed E-state index contributed by atoms with van der Waals surface area (Å²) >= 11 is 0. The van der Waals surface area contributed by atoms with E-state index >= 15 is 0 Å². The third-order valence-corrected chi connectivity index (χ3v) is 6.28. The van der Waals surface area contributed by atoms with Crippen molar-refractivity contribution >= 4 is 23.3 Å². The summed E-state index contributed by atoms with van der Waals surface area (Å²) in [5, 5.41) is 2.90. The molecule has 3 aliphatic heterocycles. The van der Waals surface area contributed by atoms with Gasteiger partial charge in [0.25, 0.3) is 0 Å². The topological polar surface area (TPSA) is 78.0 Å². The molecule has 1 saturated heterocycles. The van der Waals surface area contributed by atoms with E-state index in [1.165, 1.54) is 17.8 Å². The SMILES string of the molecule is O=C(Nc1ccc(C2=CCN(C(=O)N3CCOCC3)CC2)cc1)N1Cc2cc(F)cnc2C1. The van der Waals surface area contributed by atoms with Crippen LogP contribution in [-0.2, 0) is 17.8 Å². The van der Waals surface area contributed by atoms with E-state index in [-0.39, 0.29) is 12.1 Å². The first-order chi connectivity index (χ1) is 16.1. The maximum absolute atomic E-state index is 13.4. The van der Waals surface area contributed by atoms with Crippen LogP contribution < -0.4 is 5.32 Å². The molecule has 4 amide bonds. The molecule has 9 heteroatoms. The van der Waals surface area contributed by atoms with Crippen LogP contribution in [0, 0.1) is 5.82 Å². The second kappa shape index (κ2) is 9.19. The molecule has 4 heterocycles. The van der Waals surface area contributed by atoms with E-state index in [9.17, 15) is 14.0 Å². The lowest BCUT2D eigenvalue weighted by Gasteiger charge is -2.34. The number of nitrogens with one attached hydrogen (secondary N) is 1. The van der Waals surface area contributed by atoms with Crippen LogP contribution in [0.25, 0.3) is 5.57 Å². The maximum Gasteiger partial charge on any atom is 0.322 e. The normalized spacial score (nSPS) is 18.1. The third-order valence-electron chi connectivity index (χ3n) is 6.28. The van der Waals surface area contributed by atoms with E-state index in [0.29, 0.717) is 58.2 Å². The summed E-state index contributed by atoms with van der Waals surface area (Å²) in [5.41, 5.74) is 4.44. The Kier molecular flexibility index (Phi) is 5.95. The average Bonchev–Trinajstić information content (AvgIpc) is 3.28. The van der Waals surface area contributed by atoms with Crippen molar-refractivity contribution in [1.29, 1.82) is 0 Å². The van der Waals surface area contributed by atoms with Gasteiger partial charge in [0.05, 0.1) is 31.6 Å². The van der Waals surface area contributed by atoms with Gasteiger partial charge >= 0.3 is 12.1 Å². The number of anilines is 1. The third kappa shape index (κ3) is 4.68. The van der Waals surface area contributed by atoms with Crippen LogP contribution in [0.15, 0.2) is 42.6 Å². The van der Waals surface area contributed by atoms with Crippen molar-refractivity contribution in [1.82, 2.24) is 19.7 Å². The minimum atomic E-state index is -0.391. The van der Waals surface area contributed by atoms with Crippen LogP contribution in [0.2, 0.25) is 0 Å². The van der Waals surface area contributed by atoms with Gasteiger partial charge in [-0.15, -0.1) is 0 Å². The van der Waals surface area contributed by atoms with Gasteiger partial charge in [-0.1, -0.05) is 18.2 Å². The number of hydrogen-bond acceptors (Lipinski definition) is 4. The fraction of sp³-hybridized carbons (Fsp3) is 0.375. The number of carbonyl (C=O) groups excluding carboxylic acids is 2. The molecule has 0 radical (unpaired) electrons. The predicted octanol–water partition coefficient (Wildman–Crippen LogP) is 3.31. The number of benzene rings is 1. The zero-order valence-corrected chi connectivity index (χ0v) is 18.3. The molecular weight excluding hydrogens is 425 g/mol. The number of hydrogen-bond donors (Lipinski definition) is 1. The molecule has 0 aliphatic carbocycles. The Morgan fingerprint density at radius 3 is 2.52 bits per heavy atom. The molecule has 0 unspecified atom stereocenters. The number of fused-ring (bicyclic) bond motifs is 1. The van der Waals surface area contributed by atoms with Gasteiger partial charge in [0, 0.05) is 38.4 Å².